The fraction of sp³-hybridized carbons (Fsp3) is 0.652. The molecule has 1 aromatic rings. The molecule has 1 fully saturated rings. The standard InChI is InChI=1S/C21H33N3O.C2HF3O/c1-4-24(15-17-9-11-23(3)12-10-17)21-8-6-18-5-7-20(22-16(2)25)13-19(18)14-21;3-2(4,5)1-6/h5,7,13,17,21H,4,6,8-12,14-15H2,1-3H3,(H,22,25);1H. The molecule has 0 spiro atoms. The van der Waals surface area contributed by atoms with Crippen LogP contribution in [-0.4, -0.2) is 67.4 Å². The van der Waals surface area contributed by atoms with Crippen molar-refractivity contribution in [3.8, 4) is 0 Å². The van der Waals surface area contributed by atoms with Crippen molar-refractivity contribution in [1.82, 2.24) is 9.80 Å². The van der Waals surface area contributed by atoms with Gasteiger partial charge >= 0.3 is 6.18 Å². The van der Waals surface area contributed by atoms with Crippen molar-refractivity contribution in [2.45, 2.75) is 58.2 Å². The Kier molecular flexibility index (Phi) is 9.50. The van der Waals surface area contributed by atoms with Crippen LogP contribution in [0, 0.1) is 5.92 Å². The highest BCUT2D eigenvalue weighted by atomic mass is 19.4. The van der Waals surface area contributed by atoms with Crippen LogP contribution in [0.1, 0.15) is 44.2 Å². The van der Waals surface area contributed by atoms with E-state index >= 15 is 0 Å². The number of aryl methyl sites for hydroxylation is 1. The number of hydrogen-bond donors (Lipinski definition) is 1. The highest BCUT2D eigenvalue weighted by molar-refractivity contribution is 5.88. The number of hydrogen-bond acceptors (Lipinski definition) is 4. The summed E-state index contributed by atoms with van der Waals surface area (Å²) in [6, 6.07) is 7.07. The molecule has 31 heavy (non-hydrogen) atoms. The van der Waals surface area contributed by atoms with Crippen LogP contribution in [-0.2, 0) is 22.4 Å². The highest BCUT2D eigenvalue weighted by Gasteiger charge is 2.27. The lowest BCUT2D eigenvalue weighted by atomic mass is 9.86. The van der Waals surface area contributed by atoms with Gasteiger partial charge < -0.3 is 15.1 Å². The summed E-state index contributed by atoms with van der Waals surface area (Å²) < 4.78 is 31.2. The Hall–Kier alpha value is -1.93. The Morgan fingerprint density at radius 1 is 1.23 bits per heavy atom. The number of alkyl halides is 3. The van der Waals surface area contributed by atoms with Gasteiger partial charge in [0.1, 0.15) is 0 Å². The first kappa shape index (κ1) is 25.3. The third kappa shape index (κ3) is 8.61. The number of amides is 1. The molecule has 0 saturated carbocycles. The topological polar surface area (TPSA) is 52.6 Å². The van der Waals surface area contributed by atoms with Crippen LogP contribution in [0.15, 0.2) is 18.2 Å². The van der Waals surface area contributed by atoms with E-state index in [2.05, 4.69) is 41.2 Å². The number of rotatable bonds is 5. The van der Waals surface area contributed by atoms with Crippen LogP contribution in [0.2, 0.25) is 0 Å². The predicted molar refractivity (Wildman–Crippen MR) is 116 cm³/mol. The first-order valence-corrected chi connectivity index (χ1v) is 11.0. The Labute approximate surface area is 183 Å². The summed E-state index contributed by atoms with van der Waals surface area (Å²) in [6.07, 6.45) is 0.499. The third-order valence-electron chi connectivity index (χ3n) is 6.12. The second-order valence-corrected chi connectivity index (χ2v) is 8.55. The van der Waals surface area contributed by atoms with E-state index in [0.29, 0.717) is 6.04 Å². The fourth-order valence-corrected chi connectivity index (χ4v) is 4.44. The van der Waals surface area contributed by atoms with Crippen molar-refractivity contribution >= 4 is 17.9 Å². The molecule has 5 nitrogen and oxygen atoms in total. The molecule has 1 aromatic carbocycles. The summed E-state index contributed by atoms with van der Waals surface area (Å²) in [4.78, 5) is 25.2. The Morgan fingerprint density at radius 3 is 2.42 bits per heavy atom. The number of nitrogens with one attached hydrogen (secondary N) is 1. The number of nitrogens with zero attached hydrogens (tertiary/aromatic N) is 2. The van der Waals surface area contributed by atoms with Gasteiger partial charge in [-0.1, -0.05) is 13.0 Å². The summed E-state index contributed by atoms with van der Waals surface area (Å²) in [7, 11) is 2.23. The minimum Gasteiger partial charge on any atom is -0.326 e. The summed E-state index contributed by atoms with van der Waals surface area (Å²) in [5.41, 5.74) is 3.82. The van der Waals surface area contributed by atoms with Gasteiger partial charge in [0.2, 0.25) is 12.2 Å². The lowest BCUT2D eigenvalue weighted by Gasteiger charge is -2.38. The molecule has 3 rings (SSSR count). The van der Waals surface area contributed by atoms with Crippen molar-refractivity contribution in [2.24, 2.45) is 5.92 Å². The minimum atomic E-state index is -4.64. The molecule has 1 unspecified atom stereocenters. The Bertz CT molecular complexity index is 731. The van der Waals surface area contributed by atoms with E-state index in [1.54, 1.807) is 6.92 Å². The minimum absolute atomic E-state index is 0.00441. The Morgan fingerprint density at radius 2 is 1.87 bits per heavy atom. The van der Waals surface area contributed by atoms with Crippen LogP contribution in [0.5, 0.6) is 0 Å². The van der Waals surface area contributed by atoms with Gasteiger partial charge in [-0.3, -0.25) is 9.59 Å². The second-order valence-electron chi connectivity index (χ2n) is 8.55. The summed E-state index contributed by atoms with van der Waals surface area (Å²) in [5, 5.41) is 2.93. The van der Waals surface area contributed by atoms with E-state index in [4.69, 9.17) is 4.79 Å². The number of fused-ring (bicyclic) bond motifs is 1. The molecule has 0 aromatic heterocycles. The molecule has 1 aliphatic carbocycles. The number of likely N-dealkylation sites (tertiary alicyclic amines) is 1. The molecule has 1 aliphatic heterocycles. The second kappa shape index (κ2) is 11.6. The van der Waals surface area contributed by atoms with Crippen molar-refractivity contribution in [1.29, 1.82) is 0 Å². The molecule has 0 radical (unpaired) electrons. The van der Waals surface area contributed by atoms with Crippen molar-refractivity contribution in [2.75, 3.05) is 38.5 Å². The quantitative estimate of drug-likeness (QED) is 0.704. The van der Waals surface area contributed by atoms with Crippen LogP contribution in [0.3, 0.4) is 0 Å². The molecule has 1 N–H and O–H groups in total. The first-order chi connectivity index (χ1) is 14.6. The number of aldehydes is 1. The molecule has 8 heteroatoms. The largest absolute Gasteiger partial charge is 0.446 e. The zero-order valence-corrected chi connectivity index (χ0v) is 18.7. The van der Waals surface area contributed by atoms with Gasteiger partial charge in [-0.2, -0.15) is 13.2 Å². The lowest BCUT2D eigenvalue weighted by Crippen LogP contribution is -2.44. The van der Waals surface area contributed by atoms with Crippen molar-refractivity contribution in [3.05, 3.63) is 29.3 Å². The number of benzene rings is 1. The number of halogens is 3. The van der Waals surface area contributed by atoms with Crippen LogP contribution >= 0.6 is 0 Å². The molecular formula is C23H34F3N3O2. The average Bonchev–Trinajstić information content (AvgIpc) is 2.72. The average molecular weight is 442 g/mol. The zero-order valence-electron chi connectivity index (χ0n) is 18.7. The molecule has 1 atom stereocenters. The SMILES string of the molecule is CCN(CC1CCN(C)CC1)C1CCc2ccc(NC(C)=O)cc2C1.O=CC(F)(F)F. The number of piperidine rings is 1. The summed E-state index contributed by atoms with van der Waals surface area (Å²) in [6.45, 7) is 8.75. The van der Waals surface area contributed by atoms with E-state index in [0.717, 1.165) is 31.0 Å². The monoisotopic (exact) mass is 441 g/mol. The van der Waals surface area contributed by atoms with Crippen LogP contribution in [0.4, 0.5) is 18.9 Å². The number of likely N-dealkylation sites (N-methyl/N-ethyl adjacent to an activating group) is 1. The maximum atomic E-state index is 11.3. The Balaban J connectivity index is 0.000000501. The molecule has 1 heterocycles. The normalized spacial score (nSPS) is 19.9. The molecule has 1 amide bonds. The van der Waals surface area contributed by atoms with Crippen molar-refractivity contribution < 1.29 is 22.8 Å². The first-order valence-electron chi connectivity index (χ1n) is 11.0. The van der Waals surface area contributed by atoms with Gasteiger partial charge in [0.15, 0.2) is 0 Å². The maximum Gasteiger partial charge on any atom is 0.446 e. The van der Waals surface area contributed by atoms with E-state index in [1.807, 2.05) is 6.07 Å². The van der Waals surface area contributed by atoms with Gasteiger partial charge in [0.05, 0.1) is 0 Å². The number of anilines is 1. The van der Waals surface area contributed by atoms with Gasteiger partial charge in [-0.05, 0) is 88.0 Å². The molecule has 1 saturated heterocycles. The van der Waals surface area contributed by atoms with Crippen LogP contribution < -0.4 is 5.32 Å². The van der Waals surface area contributed by atoms with E-state index in [1.165, 1.54) is 50.0 Å². The van der Waals surface area contributed by atoms with Gasteiger partial charge in [0, 0.05) is 25.2 Å². The third-order valence-corrected chi connectivity index (χ3v) is 6.12. The molecule has 0 bridgehead atoms. The zero-order chi connectivity index (χ0) is 23.0. The van der Waals surface area contributed by atoms with Gasteiger partial charge in [-0.15, -0.1) is 0 Å². The molecule has 2 aliphatic rings. The van der Waals surface area contributed by atoms with Crippen LogP contribution in [0.25, 0.3) is 0 Å². The summed E-state index contributed by atoms with van der Waals surface area (Å²) in [5.74, 6) is 0.855. The van der Waals surface area contributed by atoms with E-state index < -0.39 is 12.5 Å². The fourth-order valence-electron chi connectivity index (χ4n) is 4.44. The van der Waals surface area contributed by atoms with E-state index in [-0.39, 0.29) is 5.91 Å². The smallest absolute Gasteiger partial charge is 0.326 e. The van der Waals surface area contributed by atoms with Gasteiger partial charge in [-0.25, -0.2) is 0 Å². The highest BCUT2D eigenvalue weighted by Crippen LogP contribution is 2.28. The van der Waals surface area contributed by atoms with Gasteiger partial charge in [0.25, 0.3) is 0 Å². The number of carbonyl (C=O) groups excluding carboxylic acids is 2. The maximum absolute atomic E-state index is 11.3. The molecular weight excluding hydrogens is 407 g/mol. The van der Waals surface area contributed by atoms with E-state index in [9.17, 15) is 18.0 Å². The summed E-state index contributed by atoms with van der Waals surface area (Å²) >= 11 is 0. The molecule has 174 valence electrons. The number of carbonyl (C=O) groups is 2. The lowest BCUT2D eigenvalue weighted by molar-refractivity contribution is -0.156. The van der Waals surface area contributed by atoms with Crippen molar-refractivity contribution in [3.63, 3.8) is 0 Å². The predicted octanol–water partition coefficient (Wildman–Crippen LogP) is 3.91.